The molecule has 2 rings (SSSR count). The summed E-state index contributed by atoms with van der Waals surface area (Å²) in [7, 11) is -1.26. The minimum absolute atomic E-state index is 0.660. The normalized spacial score (nSPS) is 16.0. The molecular weight excluding hydrogens is 200 g/mol. The molecule has 1 aromatic rings. The Kier molecular flexibility index (Phi) is 2.47. The van der Waals surface area contributed by atoms with Gasteiger partial charge in [0.25, 0.3) is 0 Å². The van der Waals surface area contributed by atoms with Crippen LogP contribution in [0.25, 0.3) is 0 Å². The van der Waals surface area contributed by atoms with Crippen molar-refractivity contribution >= 4 is 8.07 Å². The fraction of sp³-hybridized carbons (Fsp3) is 0.583. The van der Waals surface area contributed by atoms with E-state index >= 15 is 0 Å². The zero-order valence-electron chi connectivity index (χ0n) is 9.96. The maximum absolute atomic E-state index is 4.41. The van der Waals surface area contributed by atoms with Crippen LogP contribution in [-0.2, 0) is 0 Å². The number of rotatable bonds is 1. The molecule has 1 aliphatic carbocycles. The van der Waals surface area contributed by atoms with Crippen LogP contribution in [0.1, 0.15) is 30.1 Å². The summed E-state index contributed by atoms with van der Waals surface area (Å²) >= 11 is 0. The van der Waals surface area contributed by atoms with Gasteiger partial charge in [0, 0.05) is 0 Å². The van der Waals surface area contributed by atoms with Gasteiger partial charge in [-0.15, -0.1) is 5.54 Å². The fourth-order valence-electron chi connectivity index (χ4n) is 1.49. The molecule has 1 saturated carbocycles. The second-order valence-electron chi connectivity index (χ2n) is 5.32. The molecule has 0 spiro atoms. The molecule has 0 bridgehead atoms. The summed E-state index contributed by atoms with van der Waals surface area (Å²) in [6, 6.07) is 0.660. The number of aromatic nitrogens is 2. The van der Waals surface area contributed by atoms with Gasteiger partial charge in [0.2, 0.25) is 0 Å². The van der Waals surface area contributed by atoms with Crippen molar-refractivity contribution in [1.29, 1.82) is 0 Å². The fourth-order valence-corrected chi connectivity index (χ4v) is 2.00. The maximum atomic E-state index is 4.41. The lowest BCUT2D eigenvalue weighted by molar-refractivity contribution is 0.622. The number of hydrogen-bond acceptors (Lipinski definition) is 1. The van der Waals surface area contributed by atoms with Crippen LogP contribution in [0.5, 0.6) is 0 Å². The predicted octanol–water partition coefficient (Wildman–Crippen LogP) is 2.76. The Morgan fingerprint density at radius 1 is 1.40 bits per heavy atom. The van der Waals surface area contributed by atoms with Crippen LogP contribution < -0.4 is 0 Å². The molecule has 0 unspecified atom stereocenters. The lowest BCUT2D eigenvalue weighted by Crippen LogP contribution is -2.16. The van der Waals surface area contributed by atoms with E-state index in [9.17, 15) is 0 Å². The van der Waals surface area contributed by atoms with Crippen LogP contribution >= 0.6 is 0 Å². The topological polar surface area (TPSA) is 17.8 Å². The lowest BCUT2D eigenvalue weighted by atomic mass is 10.3. The average Bonchev–Trinajstić information content (AvgIpc) is 2.88. The van der Waals surface area contributed by atoms with Crippen molar-refractivity contribution in [2.45, 2.75) is 45.4 Å². The van der Waals surface area contributed by atoms with Crippen LogP contribution in [0.3, 0.4) is 0 Å². The molecule has 3 heteroatoms. The van der Waals surface area contributed by atoms with Crippen molar-refractivity contribution in [3.63, 3.8) is 0 Å². The van der Waals surface area contributed by atoms with Gasteiger partial charge in [0.1, 0.15) is 8.07 Å². The molecule has 0 amide bonds. The van der Waals surface area contributed by atoms with E-state index < -0.39 is 8.07 Å². The van der Waals surface area contributed by atoms with E-state index in [4.69, 9.17) is 0 Å². The zero-order chi connectivity index (χ0) is 11.1. The second-order valence-corrected chi connectivity index (χ2v) is 10.1. The molecule has 0 saturated heterocycles. The summed E-state index contributed by atoms with van der Waals surface area (Å²) in [4.78, 5) is 0. The molecule has 0 radical (unpaired) electrons. The summed E-state index contributed by atoms with van der Waals surface area (Å²) in [6.45, 7) is 8.92. The van der Waals surface area contributed by atoms with Crippen molar-refractivity contribution in [2.24, 2.45) is 0 Å². The molecule has 0 atom stereocenters. The van der Waals surface area contributed by atoms with Crippen molar-refractivity contribution in [1.82, 2.24) is 9.78 Å². The van der Waals surface area contributed by atoms with Gasteiger partial charge in [-0.1, -0.05) is 25.6 Å². The van der Waals surface area contributed by atoms with Crippen LogP contribution in [0.4, 0.5) is 0 Å². The summed E-state index contributed by atoms with van der Waals surface area (Å²) in [5.74, 6) is 3.28. The summed E-state index contributed by atoms with van der Waals surface area (Å²) < 4.78 is 2.13. The van der Waals surface area contributed by atoms with E-state index in [2.05, 4.69) is 47.8 Å². The summed E-state index contributed by atoms with van der Waals surface area (Å²) in [5.41, 5.74) is 5.74. The van der Waals surface area contributed by atoms with Gasteiger partial charge in [0.05, 0.1) is 23.5 Å². The number of hydrogen-bond donors (Lipinski definition) is 0. The van der Waals surface area contributed by atoms with E-state index in [-0.39, 0.29) is 0 Å². The molecule has 15 heavy (non-hydrogen) atoms. The second kappa shape index (κ2) is 3.53. The predicted molar refractivity (Wildman–Crippen MR) is 65.5 cm³/mol. The van der Waals surface area contributed by atoms with Crippen molar-refractivity contribution in [2.75, 3.05) is 0 Å². The highest BCUT2D eigenvalue weighted by Gasteiger charge is 2.26. The van der Waals surface area contributed by atoms with Gasteiger partial charge in [-0.3, -0.25) is 4.68 Å². The SMILES string of the molecule is Cc1c(C#C[Si](C)(C)C)cnn1C1CC1. The first-order valence-corrected chi connectivity index (χ1v) is 9.05. The molecule has 0 aliphatic heterocycles. The summed E-state index contributed by atoms with van der Waals surface area (Å²) in [6.07, 6.45) is 4.48. The molecule has 0 N–H and O–H groups in total. The molecule has 1 aromatic heterocycles. The molecule has 1 fully saturated rings. The first-order valence-electron chi connectivity index (χ1n) is 5.55. The Morgan fingerprint density at radius 3 is 2.60 bits per heavy atom. The highest BCUT2D eigenvalue weighted by atomic mass is 28.3. The largest absolute Gasteiger partial charge is 0.266 e. The minimum atomic E-state index is -1.26. The van der Waals surface area contributed by atoms with E-state index in [1.54, 1.807) is 0 Å². The maximum Gasteiger partial charge on any atom is 0.129 e. The number of nitrogens with zero attached hydrogens (tertiary/aromatic N) is 2. The standard InChI is InChI=1S/C12H18N2Si/c1-10-11(7-8-15(2,3)4)9-13-14(10)12-5-6-12/h9,12H,5-6H2,1-4H3. The molecule has 0 aromatic carbocycles. The van der Waals surface area contributed by atoms with Gasteiger partial charge in [-0.05, 0) is 19.8 Å². The minimum Gasteiger partial charge on any atom is -0.266 e. The molecular formula is C12H18N2Si. The highest BCUT2D eigenvalue weighted by Crippen LogP contribution is 2.35. The van der Waals surface area contributed by atoms with E-state index in [0.29, 0.717) is 6.04 Å². The zero-order valence-corrected chi connectivity index (χ0v) is 11.0. The van der Waals surface area contributed by atoms with E-state index in [1.807, 2.05) is 6.20 Å². The molecule has 1 aliphatic rings. The lowest BCUT2D eigenvalue weighted by Gasteiger charge is -2.03. The van der Waals surface area contributed by atoms with Crippen molar-refractivity contribution in [3.8, 4) is 11.5 Å². The third-order valence-corrected chi connectivity index (χ3v) is 3.38. The Balaban J connectivity index is 2.25. The van der Waals surface area contributed by atoms with Crippen LogP contribution in [0.15, 0.2) is 6.20 Å². The van der Waals surface area contributed by atoms with Gasteiger partial charge >= 0.3 is 0 Å². The third kappa shape index (κ3) is 2.51. The van der Waals surface area contributed by atoms with Crippen molar-refractivity contribution in [3.05, 3.63) is 17.5 Å². The smallest absolute Gasteiger partial charge is 0.129 e. The average molecular weight is 218 g/mol. The van der Waals surface area contributed by atoms with Crippen molar-refractivity contribution < 1.29 is 0 Å². The molecule has 2 nitrogen and oxygen atoms in total. The molecule has 80 valence electrons. The monoisotopic (exact) mass is 218 g/mol. The van der Waals surface area contributed by atoms with E-state index in [1.165, 1.54) is 18.5 Å². The quantitative estimate of drug-likeness (QED) is 0.523. The Morgan fingerprint density at radius 2 is 2.07 bits per heavy atom. The van der Waals surface area contributed by atoms with Crippen LogP contribution in [0, 0.1) is 18.4 Å². The highest BCUT2D eigenvalue weighted by molar-refractivity contribution is 6.83. The first kappa shape index (κ1) is 10.5. The Bertz CT molecular complexity index is 425. The first-order chi connectivity index (χ1) is 6.97. The summed E-state index contributed by atoms with van der Waals surface area (Å²) in [5, 5.41) is 4.41. The van der Waals surface area contributed by atoms with E-state index in [0.717, 1.165) is 5.56 Å². The Labute approximate surface area is 92.7 Å². The van der Waals surface area contributed by atoms with Gasteiger partial charge < -0.3 is 0 Å². The van der Waals surface area contributed by atoms with Gasteiger partial charge in [-0.25, -0.2) is 0 Å². The Hall–Kier alpha value is -1.01. The van der Waals surface area contributed by atoms with Crippen LogP contribution in [-0.4, -0.2) is 17.9 Å². The van der Waals surface area contributed by atoms with Gasteiger partial charge in [0.15, 0.2) is 0 Å². The third-order valence-electron chi connectivity index (χ3n) is 2.51. The molecule has 1 heterocycles. The van der Waals surface area contributed by atoms with Gasteiger partial charge in [-0.2, -0.15) is 5.10 Å². The van der Waals surface area contributed by atoms with Crippen LogP contribution in [0.2, 0.25) is 19.6 Å².